The van der Waals surface area contributed by atoms with Gasteiger partial charge < -0.3 is 5.11 Å². The van der Waals surface area contributed by atoms with Crippen molar-refractivity contribution in [2.24, 2.45) is 0 Å². The number of alkyl halides is 1. The van der Waals surface area contributed by atoms with Crippen LogP contribution >= 0.6 is 22.6 Å². The molecule has 0 heterocycles. The molecule has 0 aromatic carbocycles. The first-order chi connectivity index (χ1) is 7.18. The molecule has 0 radical (unpaired) electrons. The Balaban J connectivity index is 3.11. The van der Waals surface area contributed by atoms with Gasteiger partial charge in [0, 0.05) is 6.42 Å². The predicted octanol–water partition coefficient (Wildman–Crippen LogP) is 3.20. The highest BCUT2D eigenvalue weighted by Crippen LogP contribution is 2.09. The molecule has 0 fully saturated rings. The molecule has 0 saturated carbocycles. The third-order valence-electron chi connectivity index (χ3n) is 2.28. The Bertz CT molecular complexity index is 192. The number of halogens is 1. The fraction of sp³-hybridized carbons (Fsp3) is 0.818. The molecule has 0 spiro atoms. The molecule has 0 bridgehead atoms. The van der Waals surface area contributed by atoms with Crippen molar-refractivity contribution >= 4 is 34.3 Å². The molecule has 0 atom stereocenters. The first-order valence-corrected chi connectivity index (χ1v) is 7.03. The third-order valence-corrected chi connectivity index (χ3v) is 3.04. The standard InChI is InChI=1S/C11H19IO3/c12-9-7-5-3-1-2-4-6-8-10(13)11(14)15/h1-9H2,(H,14,15). The van der Waals surface area contributed by atoms with Gasteiger partial charge in [0.2, 0.25) is 5.78 Å². The molecule has 0 aromatic rings. The summed E-state index contributed by atoms with van der Waals surface area (Å²) in [6, 6.07) is 0. The summed E-state index contributed by atoms with van der Waals surface area (Å²) in [6.45, 7) is 0. The van der Waals surface area contributed by atoms with Gasteiger partial charge in [-0.25, -0.2) is 4.79 Å². The van der Waals surface area contributed by atoms with Gasteiger partial charge in [-0.05, 0) is 17.3 Å². The molecule has 0 rings (SSSR count). The lowest BCUT2D eigenvalue weighted by Crippen LogP contribution is -2.11. The topological polar surface area (TPSA) is 54.4 Å². The minimum absolute atomic E-state index is 0.198. The lowest BCUT2D eigenvalue weighted by molar-refractivity contribution is -0.149. The number of aliphatic carboxylic acids is 1. The second kappa shape index (κ2) is 10.4. The molecule has 0 aliphatic carbocycles. The highest BCUT2D eigenvalue weighted by Gasteiger charge is 2.09. The van der Waals surface area contributed by atoms with Crippen molar-refractivity contribution in [1.29, 1.82) is 0 Å². The number of carboxylic acid groups (broad SMARTS) is 1. The molecule has 15 heavy (non-hydrogen) atoms. The molecule has 0 saturated heterocycles. The van der Waals surface area contributed by atoms with E-state index in [1.807, 2.05) is 0 Å². The molecule has 0 unspecified atom stereocenters. The second-order valence-electron chi connectivity index (χ2n) is 3.64. The van der Waals surface area contributed by atoms with E-state index >= 15 is 0 Å². The Morgan fingerprint density at radius 2 is 1.33 bits per heavy atom. The first-order valence-electron chi connectivity index (χ1n) is 5.50. The summed E-state index contributed by atoms with van der Waals surface area (Å²) in [4.78, 5) is 20.9. The highest BCUT2D eigenvalue weighted by molar-refractivity contribution is 14.1. The molecule has 88 valence electrons. The van der Waals surface area contributed by atoms with E-state index in [1.165, 1.54) is 30.1 Å². The van der Waals surface area contributed by atoms with Gasteiger partial charge in [0.1, 0.15) is 0 Å². The van der Waals surface area contributed by atoms with E-state index in [0.717, 1.165) is 19.3 Å². The zero-order valence-electron chi connectivity index (χ0n) is 9.01. The molecule has 0 aliphatic rings. The fourth-order valence-corrected chi connectivity index (χ4v) is 1.91. The Morgan fingerprint density at radius 1 is 0.867 bits per heavy atom. The Kier molecular flexibility index (Phi) is 10.3. The van der Waals surface area contributed by atoms with Crippen LogP contribution in [0.5, 0.6) is 0 Å². The zero-order valence-corrected chi connectivity index (χ0v) is 11.2. The van der Waals surface area contributed by atoms with E-state index in [-0.39, 0.29) is 6.42 Å². The van der Waals surface area contributed by atoms with Crippen molar-refractivity contribution in [2.45, 2.75) is 51.4 Å². The Labute approximate surface area is 105 Å². The number of hydrogen-bond donors (Lipinski definition) is 1. The minimum Gasteiger partial charge on any atom is -0.476 e. The van der Waals surface area contributed by atoms with Gasteiger partial charge in [-0.15, -0.1) is 0 Å². The van der Waals surface area contributed by atoms with Crippen molar-refractivity contribution in [3.63, 3.8) is 0 Å². The highest BCUT2D eigenvalue weighted by atomic mass is 127. The number of ketones is 1. The lowest BCUT2D eigenvalue weighted by atomic mass is 10.1. The van der Waals surface area contributed by atoms with Gasteiger partial charge in [-0.1, -0.05) is 54.7 Å². The molecule has 0 amide bonds. The molecule has 1 N–H and O–H groups in total. The normalized spacial score (nSPS) is 10.2. The van der Waals surface area contributed by atoms with Crippen LogP contribution in [-0.2, 0) is 9.59 Å². The SMILES string of the molecule is O=C(O)C(=O)CCCCCCCCCI. The number of hydrogen-bond acceptors (Lipinski definition) is 2. The largest absolute Gasteiger partial charge is 0.476 e. The zero-order chi connectivity index (χ0) is 11.5. The van der Waals surface area contributed by atoms with Crippen LogP contribution in [0.25, 0.3) is 0 Å². The maximum Gasteiger partial charge on any atom is 0.372 e. The molecule has 4 heteroatoms. The molecule has 0 aliphatic heterocycles. The van der Waals surface area contributed by atoms with Gasteiger partial charge in [0.15, 0.2) is 0 Å². The van der Waals surface area contributed by atoms with Crippen molar-refractivity contribution in [3.8, 4) is 0 Å². The summed E-state index contributed by atoms with van der Waals surface area (Å²) >= 11 is 2.38. The molecule has 0 aromatic heterocycles. The van der Waals surface area contributed by atoms with E-state index in [9.17, 15) is 9.59 Å². The molecule has 3 nitrogen and oxygen atoms in total. The number of carbonyl (C=O) groups excluding carboxylic acids is 1. The summed E-state index contributed by atoms with van der Waals surface area (Å²) in [5.41, 5.74) is 0. The van der Waals surface area contributed by atoms with Gasteiger partial charge in [0.05, 0.1) is 0 Å². The summed E-state index contributed by atoms with van der Waals surface area (Å²) in [5, 5.41) is 8.33. The van der Waals surface area contributed by atoms with Crippen LogP contribution in [0.4, 0.5) is 0 Å². The molecular formula is C11H19IO3. The van der Waals surface area contributed by atoms with E-state index in [2.05, 4.69) is 22.6 Å². The average molecular weight is 326 g/mol. The number of Topliss-reactive ketones (excluding diaryl/α,β-unsaturated/α-hetero) is 1. The predicted molar refractivity (Wildman–Crippen MR) is 68.5 cm³/mol. The van der Waals surface area contributed by atoms with Crippen molar-refractivity contribution in [3.05, 3.63) is 0 Å². The third kappa shape index (κ3) is 10.2. The quantitative estimate of drug-likeness (QED) is 0.290. The smallest absolute Gasteiger partial charge is 0.372 e. The van der Waals surface area contributed by atoms with Crippen molar-refractivity contribution in [2.75, 3.05) is 4.43 Å². The summed E-state index contributed by atoms with van der Waals surface area (Å²) < 4.78 is 1.23. The minimum atomic E-state index is -1.29. The maximum absolute atomic E-state index is 10.7. The van der Waals surface area contributed by atoms with Crippen molar-refractivity contribution < 1.29 is 14.7 Å². The van der Waals surface area contributed by atoms with E-state index in [0.29, 0.717) is 0 Å². The van der Waals surface area contributed by atoms with Crippen LogP contribution in [0, 0.1) is 0 Å². The number of rotatable bonds is 10. The Morgan fingerprint density at radius 3 is 1.80 bits per heavy atom. The number of unbranched alkanes of at least 4 members (excludes halogenated alkanes) is 6. The van der Waals surface area contributed by atoms with Crippen LogP contribution in [-0.4, -0.2) is 21.3 Å². The van der Waals surface area contributed by atoms with Gasteiger partial charge >= 0.3 is 5.97 Å². The monoisotopic (exact) mass is 326 g/mol. The summed E-state index contributed by atoms with van der Waals surface area (Å²) in [5.74, 6) is -1.95. The van der Waals surface area contributed by atoms with Crippen LogP contribution < -0.4 is 0 Å². The van der Waals surface area contributed by atoms with E-state index in [4.69, 9.17) is 5.11 Å². The maximum atomic E-state index is 10.7. The lowest BCUT2D eigenvalue weighted by Gasteiger charge is -1.99. The van der Waals surface area contributed by atoms with Crippen LogP contribution in [0.2, 0.25) is 0 Å². The molecular weight excluding hydrogens is 307 g/mol. The number of carboxylic acids is 1. The van der Waals surface area contributed by atoms with Crippen molar-refractivity contribution in [1.82, 2.24) is 0 Å². The van der Waals surface area contributed by atoms with Crippen LogP contribution in [0.3, 0.4) is 0 Å². The Hall–Kier alpha value is -0.130. The van der Waals surface area contributed by atoms with Gasteiger partial charge in [-0.3, -0.25) is 4.79 Å². The second-order valence-corrected chi connectivity index (χ2v) is 4.72. The van der Waals surface area contributed by atoms with E-state index < -0.39 is 11.8 Å². The first kappa shape index (κ1) is 14.9. The summed E-state index contributed by atoms with van der Waals surface area (Å²) in [6.07, 6.45) is 8.06. The van der Waals surface area contributed by atoms with Crippen LogP contribution in [0.15, 0.2) is 0 Å². The summed E-state index contributed by atoms with van der Waals surface area (Å²) in [7, 11) is 0. The van der Waals surface area contributed by atoms with Crippen LogP contribution in [0.1, 0.15) is 51.4 Å². The van der Waals surface area contributed by atoms with E-state index in [1.54, 1.807) is 0 Å². The van der Waals surface area contributed by atoms with Gasteiger partial charge in [0.25, 0.3) is 0 Å². The number of carbonyl (C=O) groups is 2. The van der Waals surface area contributed by atoms with Gasteiger partial charge in [-0.2, -0.15) is 0 Å². The average Bonchev–Trinajstić information content (AvgIpc) is 2.21. The fourth-order valence-electron chi connectivity index (χ4n) is 1.37.